The first-order valence-corrected chi connectivity index (χ1v) is 6.29. The van der Waals surface area contributed by atoms with Gasteiger partial charge in [-0.05, 0) is 19.9 Å². The van der Waals surface area contributed by atoms with E-state index in [1.165, 1.54) is 0 Å². The summed E-state index contributed by atoms with van der Waals surface area (Å²) in [7, 11) is 3.34. The van der Waals surface area contributed by atoms with Crippen molar-refractivity contribution < 1.29 is 9.53 Å². The smallest absolute Gasteiger partial charge is 0.293 e. The van der Waals surface area contributed by atoms with Crippen molar-refractivity contribution in [3.8, 4) is 5.75 Å². The van der Waals surface area contributed by atoms with Gasteiger partial charge in [-0.1, -0.05) is 17.7 Å². The molecule has 6 heteroatoms. The van der Waals surface area contributed by atoms with Gasteiger partial charge in [0.25, 0.3) is 5.91 Å². The quantitative estimate of drug-likeness (QED) is 0.921. The van der Waals surface area contributed by atoms with Crippen LogP contribution < -0.4 is 4.74 Å². The molecule has 1 aromatic heterocycles. The van der Waals surface area contributed by atoms with Crippen LogP contribution in [0.5, 0.6) is 5.75 Å². The Morgan fingerprint density at radius 1 is 1.40 bits per heavy atom. The molecular weight excluding hydrogens is 256 g/mol. The van der Waals surface area contributed by atoms with Gasteiger partial charge >= 0.3 is 0 Å². The Morgan fingerprint density at radius 3 is 2.75 bits per heavy atom. The molecule has 2 aromatic rings. The number of aromatic amines is 1. The zero-order valence-corrected chi connectivity index (χ0v) is 12.1. The van der Waals surface area contributed by atoms with E-state index in [0.717, 1.165) is 16.9 Å². The molecule has 0 saturated heterocycles. The highest BCUT2D eigenvalue weighted by Crippen LogP contribution is 2.21. The number of H-pyrrole nitrogens is 1. The number of benzene rings is 1. The third kappa shape index (κ3) is 2.96. The van der Waals surface area contributed by atoms with Crippen molar-refractivity contribution in [1.82, 2.24) is 20.1 Å². The second-order valence-electron chi connectivity index (χ2n) is 4.72. The van der Waals surface area contributed by atoms with Crippen LogP contribution in [0.15, 0.2) is 18.2 Å². The molecule has 1 N–H and O–H groups in total. The number of ether oxygens (including phenoxy) is 1. The van der Waals surface area contributed by atoms with Gasteiger partial charge in [0.1, 0.15) is 11.6 Å². The molecule has 0 saturated carbocycles. The van der Waals surface area contributed by atoms with Crippen molar-refractivity contribution >= 4 is 5.91 Å². The molecule has 1 aromatic carbocycles. The molecule has 0 spiro atoms. The number of aromatic nitrogens is 3. The van der Waals surface area contributed by atoms with Crippen molar-refractivity contribution in [3.63, 3.8) is 0 Å². The van der Waals surface area contributed by atoms with Crippen LogP contribution in [0.2, 0.25) is 0 Å². The molecule has 1 heterocycles. The summed E-state index contributed by atoms with van der Waals surface area (Å²) in [5.41, 5.74) is 2.07. The minimum atomic E-state index is -0.224. The van der Waals surface area contributed by atoms with Crippen molar-refractivity contribution in [2.45, 2.75) is 20.4 Å². The van der Waals surface area contributed by atoms with Crippen LogP contribution in [0.4, 0.5) is 0 Å². The molecule has 0 atom stereocenters. The van der Waals surface area contributed by atoms with E-state index < -0.39 is 0 Å². The van der Waals surface area contributed by atoms with Crippen molar-refractivity contribution in [3.05, 3.63) is 41.0 Å². The maximum absolute atomic E-state index is 12.2. The lowest BCUT2D eigenvalue weighted by Crippen LogP contribution is -2.27. The molecule has 0 bridgehead atoms. The highest BCUT2D eigenvalue weighted by molar-refractivity contribution is 5.90. The van der Waals surface area contributed by atoms with Crippen molar-refractivity contribution in [1.29, 1.82) is 0 Å². The molecule has 0 fully saturated rings. The fourth-order valence-corrected chi connectivity index (χ4v) is 1.97. The van der Waals surface area contributed by atoms with Gasteiger partial charge < -0.3 is 9.64 Å². The van der Waals surface area contributed by atoms with Crippen LogP contribution in [-0.4, -0.2) is 40.1 Å². The lowest BCUT2D eigenvalue weighted by molar-refractivity contribution is 0.0772. The van der Waals surface area contributed by atoms with Gasteiger partial charge in [-0.15, -0.1) is 5.10 Å². The number of nitrogens with one attached hydrogen (secondary N) is 1. The highest BCUT2D eigenvalue weighted by Gasteiger charge is 2.17. The molecule has 0 unspecified atom stereocenters. The Labute approximate surface area is 117 Å². The summed E-state index contributed by atoms with van der Waals surface area (Å²) in [4.78, 5) is 17.8. The fourth-order valence-electron chi connectivity index (χ4n) is 1.97. The van der Waals surface area contributed by atoms with E-state index in [1.807, 2.05) is 25.1 Å². The number of aryl methyl sites for hydroxylation is 2. The molecule has 1 amide bonds. The predicted octanol–water partition coefficient (Wildman–Crippen LogP) is 1.70. The topological polar surface area (TPSA) is 71.1 Å². The van der Waals surface area contributed by atoms with E-state index in [9.17, 15) is 4.79 Å². The Balaban J connectivity index is 2.17. The van der Waals surface area contributed by atoms with Gasteiger partial charge in [0.05, 0.1) is 7.11 Å². The summed E-state index contributed by atoms with van der Waals surface area (Å²) in [5.74, 6) is 1.34. The molecule has 0 aliphatic rings. The second kappa shape index (κ2) is 5.73. The van der Waals surface area contributed by atoms with Crippen LogP contribution >= 0.6 is 0 Å². The number of amides is 1. The highest BCUT2D eigenvalue weighted by atomic mass is 16.5. The molecule has 20 heavy (non-hydrogen) atoms. The zero-order chi connectivity index (χ0) is 14.7. The summed E-state index contributed by atoms with van der Waals surface area (Å²) >= 11 is 0. The molecule has 106 valence electrons. The largest absolute Gasteiger partial charge is 0.496 e. The van der Waals surface area contributed by atoms with Crippen LogP contribution in [0.3, 0.4) is 0 Å². The minimum absolute atomic E-state index is 0.177. The Kier molecular flexibility index (Phi) is 4.02. The lowest BCUT2D eigenvalue weighted by atomic mass is 10.1. The number of hydrogen-bond donors (Lipinski definition) is 1. The van der Waals surface area contributed by atoms with E-state index in [0.29, 0.717) is 12.4 Å². The fraction of sp³-hybridized carbons (Fsp3) is 0.357. The van der Waals surface area contributed by atoms with Crippen molar-refractivity contribution in [2.75, 3.05) is 14.2 Å². The standard InChI is InChI=1S/C14H18N4O2/c1-9-5-6-12(20-4)11(7-9)8-18(3)14(19)13-15-10(2)16-17-13/h5-7H,8H2,1-4H3,(H,15,16,17). The van der Waals surface area contributed by atoms with Gasteiger partial charge in [0, 0.05) is 19.2 Å². The molecule has 0 aliphatic carbocycles. The van der Waals surface area contributed by atoms with E-state index in [4.69, 9.17) is 4.74 Å². The van der Waals surface area contributed by atoms with E-state index >= 15 is 0 Å². The summed E-state index contributed by atoms with van der Waals surface area (Å²) in [6, 6.07) is 5.88. The second-order valence-corrected chi connectivity index (χ2v) is 4.72. The van der Waals surface area contributed by atoms with Gasteiger partial charge in [-0.2, -0.15) is 0 Å². The number of carbonyl (C=O) groups is 1. The summed E-state index contributed by atoms with van der Waals surface area (Å²) in [5, 5.41) is 6.55. The van der Waals surface area contributed by atoms with Gasteiger partial charge in [0.2, 0.25) is 5.82 Å². The number of nitrogens with zero attached hydrogens (tertiary/aromatic N) is 3. The third-order valence-corrected chi connectivity index (χ3v) is 2.98. The molecule has 2 rings (SSSR count). The van der Waals surface area contributed by atoms with Crippen LogP contribution in [0, 0.1) is 13.8 Å². The average Bonchev–Trinajstić information content (AvgIpc) is 2.84. The number of hydrogen-bond acceptors (Lipinski definition) is 4. The molecular formula is C14H18N4O2. The van der Waals surface area contributed by atoms with E-state index in [-0.39, 0.29) is 11.7 Å². The van der Waals surface area contributed by atoms with Gasteiger partial charge in [-0.3, -0.25) is 9.89 Å². The Hall–Kier alpha value is -2.37. The minimum Gasteiger partial charge on any atom is -0.496 e. The molecule has 6 nitrogen and oxygen atoms in total. The van der Waals surface area contributed by atoms with E-state index in [2.05, 4.69) is 15.2 Å². The number of methoxy groups -OCH3 is 1. The van der Waals surface area contributed by atoms with E-state index in [1.54, 1.807) is 26.0 Å². The third-order valence-electron chi connectivity index (χ3n) is 2.98. The predicted molar refractivity (Wildman–Crippen MR) is 74.6 cm³/mol. The lowest BCUT2D eigenvalue weighted by Gasteiger charge is -2.17. The first-order chi connectivity index (χ1) is 9.51. The van der Waals surface area contributed by atoms with Crippen LogP contribution in [0.25, 0.3) is 0 Å². The molecule has 0 radical (unpaired) electrons. The van der Waals surface area contributed by atoms with Crippen LogP contribution in [-0.2, 0) is 6.54 Å². The normalized spacial score (nSPS) is 10.4. The average molecular weight is 274 g/mol. The molecule has 0 aliphatic heterocycles. The summed E-state index contributed by atoms with van der Waals surface area (Å²) < 4.78 is 5.32. The first-order valence-electron chi connectivity index (χ1n) is 6.29. The Bertz CT molecular complexity index is 621. The summed E-state index contributed by atoms with van der Waals surface area (Å²) in [6.07, 6.45) is 0. The monoisotopic (exact) mass is 274 g/mol. The zero-order valence-electron chi connectivity index (χ0n) is 12.1. The summed E-state index contributed by atoms with van der Waals surface area (Å²) in [6.45, 7) is 4.20. The SMILES string of the molecule is COc1ccc(C)cc1CN(C)C(=O)c1n[nH]c(C)n1. The number of carbonyl (C=O) groups excluding carboxylic acids is 1. The maximum atomic E-state index is 12.2. The van der Waals surface area contributed by atoms with Gasteiger partial charge in [-0.25, -0.2) is 4.98 Å². The first kappa shape index (κ1) is 14.0. The Morgan fingerprint density at radius 2 is 2.15 bits per heavy atom. The van der Waals surface area contributed by atoms with Gasteiger partial charge in [0.15, 0.2) is 0 Å². The number of rotatable bonds is 4. The maximum Gasteiger partial charge on any atom is 0.293 e. The van der Waals surface area contributed by atoms with Crippen LogP contribution in [0.1, 0.15) is 27.6 Å². The van der Waals surface area contributed by atoms with Crippen molar-refractivity contribution in [2.24, 2.45) is 0 Å².